The zero-order chi connectivity index (χ0) is 19.0. The molecule has 2 aromatic rings. The minimum Gasteiger partial charge on any atom is -0.335 e. The minimum absolute atomic E-state index is 0.142. The van der Waals surface area contributed by atoms with E-state index in [1.807, 2.05) is 0 Å². The lowest BCUT2D eigenvalue weighted by Gasteiger charge is -2.24. The van der Waals surface area contributed by atoms with Crippen molar-refractivity contribution in [3.63, 3.8) is 0 Å². The van der Waals surface area contributed by atoms with Crippen molar-refractivity contribution in [3.8, 4) is 5.69 Å². The molecule has 0 aliphatic rings. The van der Waals surface area contributed by atoms with Crippen LogP contribution in [0.5, 0.6) is 0 Å². The Morgan fingerprint density at radius 1 is 1.16 bits per heavy atom. The Morgan fingerprint density at radius 2 is 1.72 bits per heavy atom. The molecule has 25 heavy (non-hydrogen) atoms. The molecular weight excluding hydrogens is 346 g/mol. The van der Waals surface area contributed by atoms with Gasteiger partial charge in [0.25, 0.3) is 11.5 Å². The van der Waals surface area contributed by atoms with Gasteiger partial charge in [0.2, 0.25) is 0 Å². The number of benzene rings is 1. The zero-order valence-corrected chi connectivity index (χ0v) is 13.5. The van der Waals surface area contributed by atoms with E-state index in [-0.39, 0.29) is 5.69 Å². The highest BCUT2D eigenvalue weighted by atomic mass is 19.4. The number of para-hydroxylation sites is 1. The molecule has 0 aliphatic heterocycles. The average Bonchev–Trinajstić information content (AvgIpc) is 2.77. The minimum atomic E-state index is -5.60. The van der Waals surface area contributed by atoms with Crippen LogP contribution in [0, 0.1) is 6.92 Å². The van der Waals surface area contributed by atoms with E-state index < -0.39 is 29.2 Å². The zero-order valence-electron chi connectivity index (χ0n) is 13.5. The molecule has 0 radical (unpaired) electrons. The number of hydrogen-bond donors (Lipinski definition) is 1. The van der Waals surface area contributed by atoms with Crippen LogP contribution < -0.4 is 10.9 Å². The van der Waals surface area contributed by atoms with E-state index >= 15 is 0 Å². The number of amides is 1. The second-order valence-corrected chi connectivity index (χ2v) is 5.19. The van der Waals surface area contributed by atoms with Gasteiger partial charge in [-0.25, -0.2) is 4.68 Å². The number of hydrogen-bond acceptors (Lipinski definition) is 3. The number of nitrogens with one attached hydrogen (secondary N) is 1. The highest BCUT2D eigenvalue weighted by molar-refractivity contribution is 5.97. The molecule has 0 fully saturated rings. The molecule has 1 heterocycles. The van der Waals surface area contributed by atoms with Crippen LogP contribution in [0.25, 0.3) is 5.69 Å². The number of carbonyl (C=O) groups excluding carboxylic acids is 1. The summed E-state index contributed by atoms with van der Waals surface area (Å²) in [6.07, 6.45) is -5.60. The van der Waals surface area contributed by atoms with Gasteiger partial charge in [-0.1, -0.05) is 18.2 Å². The van der Waals surface area contributed by atoms with Gasteiger partial charge in [0, 0.05) is 14.2 Å². The van der Waals surface area contributed by atoms with E-state index in [9.17, 15) is 27.2 Å². The number of methoxy groups -OCH3 is 1. The number of carbonyl (C=O) groups is 1. The van der Waals surface area contributed by atoms with Crippen LogP contribution in [-0.4, -0.2) is 34.4 Å². The molecule has 1 atom stereocenters. The molecule has 0 aliphatic carbocycles. The maximum absolute atomic E-state index is 13.9. The normalized spacial score (nSPS) is 14.2. The van der Waals surface area contributed by atoms with Crippen LogP contribution in [0.4, 0.5) is 23.2 Å². The summed E-state index contributed by atoms with van der Waals surface area (Å²) in [6, 6.07) is 8.22. The Balaban J connectivity index is 2.49. The quantitative estimate of drug-likeness (QED) is 0.850. The van der Waals surface area contributed by atoms with Gasteiger partial charge in [0.1, 0.15) is 5.69 Å². The lowest BCUT2D eigenvalue weighted by Crippen LogP contribution is -2.53. The molecule has 2 rings (SSSR count). The number of anilines is 1. The highest BCUT2D eigenvalue weighted by Gasteiger charge is 2.63. The summed E-state index contributed by atoms with van der Waals surface area (Å²) >= 11 is 0. The van der Waals surface area contributed by atoms with E-state index in [0.29, 0.717) is 12.8 Å². The summed E-state index contributed by atoms with van der Waals surface area (Å²) in [4.78, 5) is 24.3. The SMILES string of the molecule is COC(F)(C(=O)Nc1c(C)n(C)n(-c2ccccc2)c1=O)C(F)(F)F. The van der Waals surface area contributed by atoms with Crippen LogP contribution in [0.2, 0.25) is 0 Å². The molecule has 1 amide bonds. The highest BCUT2D eigenvalue weighted by Crippen LogP contribution is 2.35. The van der Waals surface area contributed by atoms with Crippen molar-refractivity contribution in [3.05, 3.63) is 46.4 Å². The van der Waals surface area contributed by atoms with Crippen LogP contribution >= 0.6 is 0 Å². The molecule has 1 aromatic heterocycles. The number of aromatic nitrogens is 2. The Labute approximate surface area is 139 Å². The summed E-state index contributed by atoms with van der Waals surface area (Å²) in [5.74, 6) is -6.70. The Kier molecular flexibility index (Phi) is 4.76. The fraction of sp³-hybridized carbons (Fsp3) is 0.333. The Hall–Kier alpha value is -2.62. The largest absolute Gasteiger partial charge is 0.458 e. The third-order valence-corrected chi connectivity index (χ3v) is 3.73. The van der Waals surface area contributed by atoms with Gasteiger partial charge in [-0.05, 0) is 19.1 Å². The number of rotatable bonds is 4. The van der Waals surface area contributed by atoms with Gasteiger partial charge in [0.15, 0.2) is 0 Å². The summed E-state index contributed by atoms with van der Waals surface area (Å²) < 4.78 is 58.4. The summed E-state index contributed by atoms with van der Waals surface area (Å²) in [5, 5.41) is 1.69. The van der Waals surface area contributed by atoms with Gasteiger partial charge in [0.05, 0.1) is 11.4 Å². The van der Waals surface area contributed by atoms with Crippen molar-refractivity contribution in [2.24, 2.45) is 7.05 Å². The molecule has 1 N–H and O–H groups in total. The lowest BCUT2D eigenvalue weighted by atomic mass is 10.2. The Bertz CT molecular complexity index is 842. The first-order valence-electron chi connectivity index (χ1n) is 7.01. The molecule has 1 aromatic carbocycles. The van der Waals surface area contributed by atoms with Crippen molar-refractivity contribution in [1.82, 2.24) is 9.36 Å². The third kappa shape index (κ3) is 3.04. The molecule has 10 heteroatoms. The second-order valence-electron chi connectivity index (χ2n) is 5.19. The fourth-order valence-electron chi connectivity index (χ4n) is 2.24. The first-order valence-corrected chi connectivity index (χ1v) is 7.01. The molecule has 0 saturated carbocycles. The topological polar surface area (TPSA) is 65.3 Å². The second kappa shape index (κ2) is 6.36. The first kappa shape index (κ1) is 18.7. The molecule has 0 saturated heterocycles. The number of ether oxygens (including phenoxy) is 1. The van der Waals surface area contributed by atoms with Crippen molar-refractivity contribution in [2.75, 3.05) is 12.4 Å². The van der Waals surface area contributed by atoms with Gasteiger partial charge in [-0.3, -0.25) is 14.3 Å². The van der Waals surface area contributed by atoms with Crippen molar-refractivity contribution < 1.29 is 27.1 Å². The molecule has 0 bridgehead atoms. The molecule has 136 valence electrons. The monoisotopic (exact) mass is 361 g/mol. The van der Waals surface area contributed by atoms with Gasteiger partial charge in [-0.2, -0.15) is 17.6 Å². The average molecular weight is 361 g/mol. The summed E-state index contributed by atoms with van der Waals surface area (Å²) in [6.45, 7) is 1.40. The smallest absolute Gasteiger partial charge is 0.335 e. The van der Waals surface area contributed by atoms with Crippen molar-refractivity contribution in [1.29, 1.82) is 0 Å². The maximum atomic E-state index is 13.9. The predicted octanol–water partition coefficient (Wildman–Crippen LogP) is 2.30. The van der Waals surface area contributed by atoms with Crippen molar-refractivity contribution >= 4 is 11.6 Å². The standard InChI is InChI=1S/C15H15F4N3O3/c1-9-11(20-13(24)14(16,25-3)15(17,18)19)12(23)22(21(9)2)10-7-5-4-6-8-10/h4-8H,1-3H3,(H,20,24). The van der Waals surface area contributed by atoms with Crippen LogP contribution in [0.15, 0.2) is 35.1 Å². The molecule has 1 unspecified atom stereocenters. The van der Waals surface area contributed by atoms with Crippen LogP contribution in [-0.2, 0) is 16.6 Å². The lowest BCUT2D eigenvalue weighted by molar-refractivity contribution is -0.305. The van der Waals surface area contributed by atoms with Gasteiger partial charge >= 0.3 is 12.0 Å². The van der Waals surface area contributed by atoms with E-state index in [0.717, 1.165) is 4.68 Å². The van der Waals surface area contributed by atoms with Crippen LogP contribution in [0.1, 0.15) is 5.69 Å². The van der Waals surface area contributed by atoms with E-state index in [2.05, 4.69) is 4.74 Å². The van der Waals surface area contributed by atoms with E-state index in [1.165, 1.54) is 18.7 Å². The predicted molar refractivity (Wildman–Crippen MR) is 81.3 cm³/mol. The van der Waals surface area contributed by atoms with Gasteiger partial charge in [-0.15, -0.1) is 0 Å². The van der Waals surface area contributed by atoms with Crippen LogP contribution in [0.3, 0.4) is 0 Å². The number of alkyl halides is 4. The summed E-state index contributed by atoms with van der Waals surface area (Å²) in [5.41, 5.74) is -0.713. The summed E-state index contributed by atoms with van der Waals surface area (Å²) in [7, 11) is 1.88. The first-order chi connectivity index (χ1) is 11.5. The van der Waals surface area contributed by atoms with E-state index in [4.69, 9.17) is 0 Å². The van der Waals surface area contributed by atoms with Crippen molar-refractivity contribution in [2.45, 2.75) is 19.0 Å². The van der Waals surface area contributed by atoms with Gasteiger partial charge < -0.3 is 10.1 Å². The molecule has 0 spiro atoms. The fourth-order valence-corrected chi connectivity index (χ4v) is 2.24. The third-order valence-electron chi connectivity index (χ3n) is 3.73. The number of nitrogens with zero attached hydrogens (tertiary/aromatic N) is 2. The molecular formula is C15H15F4N3O3. The molecule has 6 nitrogen and oxygen atoms in total. The number of halogens is 4. The Morgan fingerprint density at radius 3 is 2.20 bits per heavy atom. The maximum Gasteiger partial charge on any atom is 0.458 e. The van der Waals surface area contributed by atoms with E-state index in [1.54, 1.807) is 35.6 Å².